The number of hydrogen-bond acceptors (Lipinski definition) is 2. The molecule has 16 heavy (non-hydrogen) atoms. The van der Waals surface area contributed by atoms with E-state index in [2.05, 4.69) is 0 Å². The van der Waals surface area contributed by atoms with Crippen molar-refractivity contribution in [3.8, 4) is 5.75 Å². The molecule has 0 atom stereocenters. The van der Waals surface area contributed by atoms with Crippen LogP contribution in [0.15, 0.2) is 23.8 Å². The van der Waals surface area contributed by atoms with Gasteiger partial charge in [0.25, 0.3) is 0 Å². The largest absolute Gasteiger partial charge is 0.489 e. The van der Waals surface area contributed by atoms with Crippen LogP contribution in [0.25, 0.3) is 6.08 Å². The molecule has 2 nitrogen and oxygen atoms in total. The third-order valence-electron chi connectivity index (χ3n) is 2.37. The Morgan fingerprint density at radius 2 is 2.06 bits per heavy atom. The summed E-state index contributed by atoms with van der Waals surface area (Å²) in [6, 6.07) is 3.42. The van der Waals surface area contributed by atoms with Crippen molar-refractivity contribution in [2.45, 2.75) is 6.18 Å². The molecule has 0 unspecified atom stereocenters. The number of ether oxygens (including phenoxy) is 1. The van der Waals surface area contributed by atoms with Gasteiger partial charge in [0, 0.05) is 12.1 Å². The molecule has 0 aliphatic carbocycles. The summed E-state index contributed by atoms with van der Waals surface area (Å²) in [7, 11) is 0. The minimum atomic E-state index is -4.33. The van der Waals surface area contributed by atoms with Gasteiger partial charge in [-0.05, 0) is 29.8 Å². The van der Waals surface area contributed by atoms with Gasteiger partial charge in [0.2, 0.25) is 0 Å². The van der Waals surface area contributed by atoms with Crippen molar-refractivity contribution >= 4 is 6.08 Å². The predicted molar refractivity (Wildman–Crippen MR) is 54.0 cm³/mol. The number of fused-ring (bicyclic) bond motifs is 1. The molecule has 0 spiro atoms. The molecule has 0 amide bonds. The first-order chi connectivity index (χ1) is 7.50. The summed E-state index contributed by atoms with van der Waals surface area (Å²) in [6.07, 6.45) is -2.68. The van der Waals surface area contributed by atoms with Gasteiger partial charge in [-0.15, -0.1) is 0 Å². The van der Waals surface area contributed by atoms with Crippen LogP contribution in [0.4, 0.5) is 13.2 Å². The van der Waals surface area contributed by atoms with Gasteiger partial charge >= 0.3 is 6.18 Å². The van der Waals surface area contributed by atoms with Crippen molar-refractivity contribution in [3.05, 3.63) is 34.9 Å². The van der Waals surface area contributed by atoms with E-state index in [0.29, 0.717) is 17.9 Å². The molecule has 0 radical (unpaired) electrons. The number of halogens is 3. The zero-order chi connectivity index (χ0) is 11.8. The average molecular weight is 229 g/mol. The van der Waals surface area contributed by atoms with Gasteiger partial charge in [0.05, 0.1) is 5.56 Å². The Bertz CT molecular complexity index is 437. The van der Waals surface area contributed by atoms with E-state index in [4.69, 9.17) is 10.5 Å². The van der Waals surface area contributed by atoms with E-state index in [1.165, 1.54) is 6.07 Å². The van der Waals surface area contributed by atoms with Crippen LogP contribution in [0.5, 0.6) is 5.75 Å². The van der Waals surface area contributed by atoms with Crippen LogP contribution in [0.1, 0.15) is 11.1 Å². The lowest BCUT2D eigenvalue weighted by Crippen LogP contribution is -2.15. The summed E-state index contributed by atoms with van der Waals surface area (Å²) in [5.74, 6) is 0.463. The minimum Gasteiger partial charge on any atom is -0.489 e. The number of benzene rings is 1. The zero-order valence-electron chi connectivity index (χ0n) is 8.34. The maximum absolute atomic E-state index is 12.5. The van der Waals surface area contributed by atoms with Crippen LogP contribution in [-0.2, 0) is 6.18 Å². The summed E-state index contributed by atoms with van der Waals surface area (Å²) >= 11 is 0. The van der Waals surface area contributed by atoms with E-state index in [1.54, 1.807) is 6.08 Å². The minimum absolute atomic E-state index is 0.287. The number of hydrogen-bond donors (Lipinski definition) is 1. The van der Waals surface area contributed by atoms with E-state index in [0.717, 1.165) is 17.7 Å². The molecule has 0 aromatic heterocycles. The summed E-state index contributed by atoms with van der Waals surface area (Å²) in [4.78, 5) is 0. The average Bonchev–Trinajstić information content (AvgIpc) is 2.26. The molecule has 1 aliphatic heterocycles. The number of nitrogens with two attached hydrogens (primary N) is 1. The van der Waals surface area contributed by atoms with Crippen LogP contribution in [-0.4, -0.2) is 13.2 Å². The molecule has 0 fully saturated rings. The molecular weight excluding hydrogens is 219 g/mol. The lowest BCUT2D eigenvalue weighted by molar-refractivity contribution is -0.137. The first-order valence-corrected chi connectivity index (χ1v) is 4.74. The van der Waals surface area contributed by atoms with Gasteiger partial charge in [-0.25, -0.2) is 0 Å². The standard InChI is InChI=1S/C11H10F3NO/c12-11(13,14)9-1-2-10-8(4-9)3-7(5-15)6-16-10/h1-4H,5-6,15H2. The second kappa shape index (κ2) is 3.83. The Kier molecular flexibility index (Phi) is 2.63. The van der Waals surface area contributed by atoms with Crippen molar-refractivity contribution in [2.75, 3.05) is 13.2 Å². The van der Waals surface area contributed by atoms with Crippen molar-refractivity contribution in [2.24, 2.45) is 5.73 Å². The summed E-state index contributed by atoms with van der Waals surface area (Å²) in [5, 5.41) is 0. The summed E-state index contributed by atoms with van der Waals surface area (Å²) < 4.78 is 42.6. The topological polar surface area (TPSA) is 35.2 Å². The summed E-state index contributed by atoms with van der Waals surface area (Å²) in [6.45, 7) is 0.630. The highest BCUT2D eigenvalue weighted by molar-refractivity contribution is 5.63. The highest BCUT2D eigenvalue weighted by Crippen LogP contribution is 2.34. The number of rotatable bonds is 1. The molecule has 5 heteroatoms. The molecule has 0 saturated heterocycles. The van der Waals surface area contributed by atoms with E-state index in [9.17, 15) is 13.2 Å². The molecule has 2 rings (SSSR count). The lowest BCUT2D eigenvalue weighted by Gasteiger charge is -2.18. The van der Waals surface area contributed by atoms with Crippen LogP contribution in [0.3, 0.4) is 0 Å². The first-order valence-electron chi connectivity index (χ1n) is 4.74. The molecule has 0 bridgehead atoms. The molecule has 1 heterocycles. The highest BCUT2D eigenvalue weighted by atomic mass is 19.4. The quantitative estimate of drug-likeness (QED) is 0.802. The molecule has 1 aliphatic rings. The monoisotopic (exact) mass is 229 g/mol. The van der Waals surface area contributed by atoms with Gasteiger partial charge in [-0.1, -0.05) is 0 Å². The van der Waals surface area contributed by atoms with E-state index in [-0.39, 0.29) is 6.54 Å². The lowest BCUT2D eigenvalue weighted by atomic mass is 10.0. The maximum atomic E-state index is 12.5. The third-order valence-corrected chi connectivity index (χ3v) is 2.37. The van der Waals surface area contributed by atoms with Crippen molar-refractivity contribution in [1.29, 1.82) is 0 Å². The van der Waals surface area contributed by atoms with Gasteiger partial charge in [-0.3, -0.25) is 0 Å². The molecule has 0 saturated carbocycles. The normalized spacial score (nSPS) is 15.1. The van der Waals surface area contributed by atoms with Crippen LogP contribution in [0, 0.1) is 0 Å². The molecule has 2 N–H and O–H groups in total. The molecule has 1 aromatic carbocycles. The first kappa shape index (κ1) is 11.0. The Balaban J connectivity index is 2.43. The van der Waals surface area contributed by atoms with Crippen molar-refractivity contribution in [1.82, 2.24) is 0 Å². The number of alkyl halides is 3. The third kappa shape index (κ3) is 2.04. The maximum Gasteiger partial charge on any atom is 0.416 e. The Morgan fingerprint density at radius 1 is 1.31 bits per heavy atom. The van der Waals surface area contributed by atoms with Crippen LogP contribution < -0.4 is 10.5 Å². The molecular formula is C11H10F3NO. The highest BCUT2D eigenvalue weighted by Gasteiger charge is 2.31. The summed E-state index contributed by atoms with van der Waals surface area (Å²) in [5.41, 5.74) is 5.95. The van der Waals surface area contributed by atoms with E-state index >= 15 is 0 Å². The van der Waals surface area contributed by atoms with E-state index in [1.807, 2.05) is 0 Å². The zero-order valence-corrected chi connectivity index (χ0v) is 8.34. The Hall–Kier alpha value is -1.49. The fourth-order valence-electron chi connectivity index (χ4n) is 1.52. The fraction of sp³-hybridized carbons (Fsp3) is 0.273. The second-order valence-corrected chi connectivity index (χ2v) is 3.55. The second-order valence-electron chi connectivity index (χ2n) is 3.55. The van der Waals surface area contributed by atoms with Gasteiger partial charge in [-0.2, -0.15) is 13.2 Å². The van der Waals surface area contributed by atoms with Gasteiger partial charge in [0.1, 0.15) is 12.4 Å². The Morgan fingerprint density at radius 3 is 2.69 bits per heavy atom. The van der Waals surface area contributed by atoms with Gasteiger partial charge < -0.3 is 10.5 Å². The molecule has 86 valence electrons. The Labute approximate surface area is 90.5 Å². The smallest absolute Gasteiger partial charge is 0.416 e. The van der Waals surface area contributed by atoms with Crippen molar-refractivity contribution < 1.29 is 17.9 Å². The molecule has 1 aromatic rings. The van der Waals surface area contributed by atoms with E-state index < -0.39 is 11.7 Å². The van der Waals surface area contributed by atoms with Crippen molar-refractivity contribution in [3.63, 3.8) is 0 Å². The fourth-order valence-corrected chi connectivity index (χ4v) is 1.52. The SMILES string of the molecule is NCC1=Cc2cc(C(F)(F)F)ccc2OC1. The van der Waals surface area contributed by atoms with Gasteiger partial charge in [0.15, 0.2) is 0 Å². The van der Waals surface area contributed by atoms with Crippen LogP contribution in [0.2, 0.25) is 0 Å². The van der Waals surface area contributed by atoms with Crippen LogP contribution >= 0.6 is 0 Å². The predicted octanol–water partition coefficient (Wildman–Crippen LogP) is 2.44.